The number of carbonyl (C=O) groups is 1. The Bertz CT molecular complexity index is 989. The minimum Gasteiger partial charge on any atom is -0.454 e. The van der Waals surface area contributed by atoms with Crippen molar-refractivity contribution >= 4 is 17.5 Å². The molecule has 4 rings (SSSR count). The average Bonchev–Trinajstić information content (AvgIpc) is 3.34. The number of anilines is 2. The summed E-state index contributed by atoms with van der Waals surface area (Å²) >= 11 is 0. The van der Waals surface area contributed by atoms with Crippen molar-refractivity contribution in [1.82, 2.24) is 24.8 Å². The van der Waals surface area contributed by atoms with Crippen molar-refractivity contribution in [2.45, 2.75) is 6.92 Å². The lowest BCUT2D eigenvalue weighted by Crippen LogP contribution is -2.32. The number of nitrogens with one attached hydrogen (secondary N) is 3. The van der Waals surface area contributed by atoms with Crippen LogP contribution in [0.25, 0.3) is 5.82 Å². The predicted molar refractivity (Wildman–Crippen MR) is 102 cm³/mol. The Morgan fingerprint density at radius 1 is 1.14 bits per heavy atom. The Hall–Kier alpha value is -3.82. The number of urea groups is 1. The van der Waals surface area contributed by atoms with Gasteiger partial charge in [0.05, 0.1) is 0 Å². The van der Waals surface area contributed by atoms with Crippen molar-refractivity contribution in [3.63, 3.8) is 0 Å². The van der Waals surface area contributed by atoms with Gasteiger partial charge in [-0.25, -0.2) is 19.7 Å². The highest BCUT2D eigenvalue weighted by Crippen LogP contribution is 2.34. The molecule has 2 aromatic heterocycles. The van der Waals surface area contributed by atoms with Crippen LogP contribution in [-0.4, -0.2) is 45.4 Å². The first kappa shape index (κ1) is 17.6. The molecule has 28 heavy (non-hydrogen) atoms. The van der Waals surface area contributed by atoms with Crippen LogP contribution in [0.1, 0.15) is 5.82 Å². The lowest BCUT2D eigenvalue weighted by molar-refractivity contribution is 0.174. The highest BCUT2D eigenvalue weighted by atomic mass is 16.7. The molecule has 0 bridgehead atoms. The van der Waals surface area contributed by atoms with Crippen LogP contribution in [0.4, 0.5) is 16.3 Å². The van der Waals surface area contributed by atoms with Gasteiger partial charge in [0.1, 0.15) is 23.8 Å². The van der Waals surface area contributed by atoms with Crippen LogP contribution in [0.2, 0.25) is 0 Å². The molecule has 1 aliphatic heterocycles. The molecule has 0 saturated heterocycles. The van der Waals surface area contributed by atoms with Crippen LogP contribution in [0.5, 0.6) is 11.5 Å². The third kappa shape index (κ3) is 3.95. The first-order chi connectivity index (χ1) is 13.7. The van der Waals surface area contributed by atoms with Gasteiger partial charge in [-0.3, -0.25) is 4.57 Å². The fraction of sp³-hybridized carbons (Fsp3) is 0.222. The molecule has 3 aromatic rings. The summed E-state index contributed by atoms with van der Waals surface area (Å²) in [6.07, 6.45) is 5.04. The number of fused-ring (bicyclic) bond motifs is 1. The van der Waals surface area contributed by atoms with Crippen LogP contribution < -0.4 is 25.4 Å². The molecule has 3 heterocycles. The summed E-state index contributed by atoms with van der Waals surface area (Å²) in [5.41, 5.74) is 0.630. The number of rotatable bonds is 6. The van der Waals surface area contributed by atoms with E-state index in [1.54, 1.807) is 24.4 Å². The van der Waals surface area contributed by atoms with E-state index in [9.17, 15) is 4.79 Å². The zero-order valence-electron chi connectivity index (χ0n) is 15.2. The smallest absolute Gasteiger partial charge is 0.319 e. The number of carbonyl (C=O) groups excluding carboxylic acids is 1. The van der Waals surface area contributed by atoms with Crippen LogP contribution >= 0.6 is 0 Å². The minimum absolute atomic E-state index is 0.196. The maximum atomic E-state index is 12.0. The maximum Gasteiger partial charge on any atom is 0.319 e. The van der Waals surface area contributed by atoms with Gasteiger partial charge >= 0.3 is 6.03 Å². The normalized spacial score (nSPS) is 11.9. The van der Waals surface area contributed by atoms with Crippen LogP contribution in [0.15, 0.2) is 43.0 Å². The lowest BCUT2D eigenvalue weighted by Gasteiger charge is -2.10. The molecule has 1 aromatic carbocycles. The number of benzene rings is 1. The molecule has 10 heteroatoms. The van der Waals surface area contributed by atoms with Gasteiger partial charge in [0.25, 0.3) is 0 Å². The molecule has 0 atom stereocenters. The number of hydrogen-bond acceptors (Lipinski definition) is 7. The van der Waals surface area contributed by atoms with Crippen LogP contribution in [0.3, 0.4) is 0 Å². The van der Waals surface area contributed by atoms with Gasteiger partial charge in [0.2, 0.25) is 6.79 Å². The van der Waals surface area contributed by atoms with Gasteiger partial charge in [-0.2, -0.15) is 0 Å². The Morgan fingerprint density at radius 2 is 2.04 bits per heavy atom. The summed E-state index contributed by atoms with van der Waals surface area (Å²) in [6.45, 7) is 3.02. The molecular formula is C18H19N7O3. The molecule has 3 N–H and O–H groups in total. The largest absolute Gasteiger partial charge is 0.454 e. The molecule has 0 spiro atoms. The topological polar surface area (TPSA) is 115 Å². The number of imidazole rings is 1. The van der Waals surface area contributed by atoms with Crippen LogP contribution in [-0.2, 0) is 0 Å². The highest BCUT2D eigenvalue weighted by Gasteiger charge is 2.14. The molecule has 144 valence electrons. The van der Waals surface area contributed by atoms with Crippen molar-refractivity contribution in [2.75, 3.05) is 30.5 Å². The van der Waals surface area contributed by atoms with E-state index in [1.807, 2.05) is 23.8 Å². The van der Waals surface area contributed by atoms with Gasteiger partial charge in [0.15, 0.2) is 11.5 Å². The number of nitrogens with zero attached hydrogens (tertiary/aromatic N) is 4. The predicted octanol–water partition coefficient (Wildman–Crippen LogP) is 1.93. The fourth-order valence-corrected chi connectivity index (χ4v) is 2.71. The number of aromatic nitrogens is 4. The molecule has 0 unspecified atom stereocenters. The Morgan fingerprint density at radius 3 is 2.89 bits per heavy atom. The molecule has 0 fully saturated rings. The molecule has 0 radical (unpaired) electrons. The Labute approximate surface area is 160 Å². The van der Waals surface area contributed by atoms with Crippen molar-refractivity contribution in [1.29, 1.82) is 0 Å². The zero-order chi connectivity index (χ0) is 19.3. The van der Waals surface area contributed by atoms with E-state index < -0.39 is 0 Å². The van der Waals surface area contributed by atoms with E-state index in [4.69, 9.17) is 9.47 Å². The summed E-state index contributed by atoms with van der Waals surface area (Å²) in [5, 5.41) is 8.69. The summed E-state index contributed by atoms with van der Waals surface area (Å²) in [5.74, 6) is 3.51. The van der Waals surface area contributed by atoms with Crippen molar-refractivity contribution in [2.24, 2.45) is 0 Å². The first-order valence-corrected chi connectivity index (χ1v) is 8.70. The van der Waals surface area contributed by atoms with Gasteiger partial charge in [-0.05, 0) is 19.1 Å². The number of aryl methyl sites for hydroxylation is 1. The van der Waals surface area contributed by atoms with Crippen molar-refractivity contribution < 1.29 is 14.3 Å². The second-order valence-corrected chi connectivity index (χ2v) is 5.98. The van der Waals surface area contributed by atoms with E-state index in [0.717, 1.165) is 11.6 Å². The Kier molecular flexibility index (Phi) is 4.91. The van der Waals surface area contributed by atoms with Crippen molar-refractivity contribution in [3.8, 4) is 17.3 Å². The van der Waals surface area contributed by atoms with Gasteiger partial charge in [0, 0.05) is 43.3 Å². The third-order valence-corrected chi connectivity index (χ3v) is 4.07. The summed E-state index contributed by atoms with van der Waals surface area (Å²) in [6, 6.07) is 6.75. The van der Waals surface area contributed by atoms with Crippen LogP contribution in [0, 0.1) is 6.92 Å². The SMILES string of the molecule is Cc1nccn1-c1cc(NCCNC(=O)Nc2ccc3c(c2)OCO3)ncn1. The first-order valence-electron chi connectivity index (χ1n) is 8.70. The molecule has 2 amide bonds. The second-order valence-electron chi connectivity index (χ2n) is 5.98. The lowest BCUT2D eigenvalue weighted by atomic mass is 10.3. The molecule has 0 aliphatic carbocycles. The average molecular weight is 381 g/mol. The number of hydrogen-bond donors (Lipinski definition) is 3. The fourth-order valence-electron chi connectivity index (χ4n) is 2.71. The molecular weight excluding hydrogens is 362 g/mol. The van der Waals surface area contributed by atoms with Gasteiger partial charge in [-0.15, -0.1) is 0 Å². The number of amides is 2. The Balaban J connectivity index is 1.24. The van der Waals surface area contributed by atoms with E-state index in [1.165, 1.54) is 6.33 Å². The summed E-state index contributed by atoms with van der Waals surface area (Å²) < 4.78 is 12.4. The second kappa shape index (κ2) is 7.82. The third-order valence-electron chi connectivity index (χ3n) is 4.07. The quantitative estimate of drug-likeness (QED) is 0.559. The molecule has 1 aliphatic rings. The summed E-state index contributed by atoms with van der Waals surface area (Å²) in [4.78, 5) is 24.6. The van der Waals surface area contributed by atoms with E-state index >= 15 is 0 Å². The van der Waals surface area contributed by atoms with E-state index in [2.05, 4.69) is 30.9 Å². The van der Waals surface area contributed by atoms with E-state index in [0.29, 0.717) is 36.1 Å². The minimum atomic E-state index is -0.307. The highest BCUT2D eigenvalue weighted by molar-refractivity contribution is 5.89. The zero-order valence-corrected chi connectivity index (χ0v) is 15.2. The van der Waals surface area contributed by atoms with Gasteiger partial charge in [-0.1, -0.05) is 0 Å². The standard InChI is InChI=1S/C18H19N7O3/c1-12-19-6-7-25(12)17-9-16(22-10-23-17)20-4-5-21-18(26)24-13-2-3-14-15(8-13)28-11-27-14/h2-3,6-10H,4-5,11H2,1H3,(H,20,22,23)(H2,21,24,26). The van der Waals surface area contributed by atoms with Crippen molar-refractivity contribution in [3.05, 3.63) is 48.8 Å². The summed E-state index contributed by atoms with van der Waals surface area (Å²) in [7, 11) is 0. The van der Waals surface area contributed by atoms with Gasteiger partial charge < -0.3 is 25.4 Å². The monoisotopic (exact) mass is 381 g/mol. The van der Waals surface area contributed by atoms with E-state index in [-0.39, 0.29) is 12.8 Å². The molecule has 10 nitrogen and oxygen atoms in total. The maximum absolute atomic E-state index is 12.0. The number of ether oxygens (including phenoxy) is 2. The molecule has 0 saturated carbocycles.